The molecule has 220 valence electrons. The van der Waals surface area contributed by atoms with Gasteiger partial charge in [-0.15, -0.1) is 0 Å². The van der Waals surface area contributed by atoms with Crippen LogP contribution in [0.4, 0.5) is 5.69 Å². The summed E-state index contributed by atoms with van der Waals surface area (Å²) in [6, 6.07) is 23.2. The number of ether oxygens (including phenoxy) is 1. The second kappa shape index (κ2) is 14.7. The zero-order valence-corrected chi connectivity index (χ0v) is 25.4. The van der Waals surface area contributed by atoms with Crippen LogP contribution in [0.5, 0.6) is 5.75 Å². The molecule has 0 aromatic heterocycles. The monoisotopic (exact) mass is 579 g/mol. The number of sulfonamides is 1. The average Bonchev–Trinajstić information content (AvgIpc) is 2.95. The van der Waals surface area contributed by atoms with Gasteiger partial charge in [-0.25, -0.2) is 8.42 Å². The van der Waals surface area contributed by atoms with E-state index in [1.807, 2.05) is 82.3 Å². The fourth-order valence-corrected chi connectivity index (χ4v) is 5.24. The predicted molar refractivity (Wildman–Crippen MR) is 163 cm³/mol. The van der Waals surface area contributed by atoms with Crippen LogP contribution in [-0.4, -0.2) is 50.0 Å². The molecular weight excluding hydrogens is 538 g/mol. The minimum Gasteiger partial charge on any atom is -0.489 e. The van der Waals surface area contributed by atoms with Gasteiger partial charge in [-0.05, 0) is 67.6 Å². The summed E-state index contributed by atoms with van der Waals surface area (Å²) in [7, 11) is -3.83. The summed E-state index contributed by atoms with van der Waals surface area (Å²) < 4.78 is 32.7. The maximum Gasteiger partial charge on any atom is 0.244 e. The van der Waals surface area contributed by atoms with Crippen molar-refractivity contribution in [2.75, 3.05) is 17.1 Å². The van der Waals surface area contributed by atoms with E-state index in [1.165, 1.54) is 4.90 Å². The Balaban J connectivity index is 1.86. The third kappa shape index (κ3) is 9.08. The van der Waals surface area contributed by atoms with E-state index in [4.69, 9.17) is 4.74 Å². The van der Waals surface area contributed by atoms with E-state index in [2.05, 4.69) is 5.32 Å². The Hall–Kier alpha value is -3.85. The number of aryl methyl sites for hydroxylation is 1. The molecule has 8 nitrogen and oxygen atoms in total. The third-order valence-corrected chi connectivity index (χ3v) is 8.18. The normalized spacial score (nSPS) is 12.7. The fourth-order valence-electron chi connectivity index (χ4n) is 4.39. The lowest BCUT2D eigenvalue weighted by Crippen LogP contribution is -2.53. The van der Waals surface area contributed by atoms with E-state index in [0.29, 0.717) is 24.5 Å². The highest BCUT2D eigenvalue weighted by molar-refractivity contribution is 7.92. The molecule has 3 aromatic rings. The van der Waals surface area contributed by atoms with Gasteiger partial charge < -0.3 is 15.0 Å². The van der Waals surface area contributed by atoms with Crippen LogP contribution in [0.1, 0.15) is 50.3 Å². The molecule has 0 bridgehead atoms. The number of nitrogens with zero attached hydrogens (tertiary/aromatic N) is 2. The SMILES string of the molecule is CC[C@H](C(=O)N[C@@H](C)CC)N(Cc1ccccc1C)C(=O)CN(c1ccc(OCc2ccccc2)cc1)S(C)(=O)=O. The number of anilines is 1. The second-order valence-corrected chi connectivity index (χ2v) is 12.1. The number of rotatable bonds is 14. The van der Waals surface area contributed by atoms with Gasteiger partial charge in [0, 0.05) is 12.6 Å². The smallest absolute Gasteiger partial charge is 0.244 e. The lowest BCUT2D eigenvalue weighted by atomic mass is 10.1. The Labute approximate surface area is 244 Å². The molecule has 0 fully saturated rings. The van der Waals surface area contributed by atoms with Crippen LogP contribution < -0.4 is 14.4 Å². The molecule has 0 spiro atoms. The number of amides is 2. The molecule has 0 aliphatic rings. The summed E-state index contributed by atoms with van der Waals surface area (Å²) in [5.41, 5.74) is 3.22. The molecule has 0 heterocycles. The summed E-state index contributed by atoms with van der Waals surface area (Å²) in [4.78, 5) is 28.7. The molecule has 9 heteroatoms. The van der Waals surface area contributed by atoms with Crippen molar-refractivity contribution >= 4 is 27.5 Å². The van der Waals surface area contributed by atoms with Crippen LogP contribution in [0.25, 0.3) is 0 Å². The van der Waals surface area contributed by atoms with E-state index in [9.17, 15) is 18.0 Å². The minimum absolute atomic E-state index is 0.0536. The number of nitrogens with one attached hydrogen (secondary N) is 1. The second-order valence-electron chi connectivity index (χ2n) is 10.2. The Bertz CT molecular complexity index is 1390. The quantitative estimate of drug-likeness (QED) is 0.288. The Morgan fingerprint density at radius 1 is 0.902 bits per heavy atom. The van der Waals surface area contributed by atoms with Crippen LogP contribution in [0.3, 0.4) is 0 Å². The lowest BCUT2D eigenvalue weighted by Gasteiger charge is -2.33. The summed E-state index contributed by atoms with van der Waals surface area (Å²) in [6.07, 6.45) is 2.20. The molecule has 41 heavy (non-hydrogen) atoms. The van der Waals surface area contributed by atoms with Gasteiger partial charge in [-0.1, -0.05) is 68.4 Å². The third-order valence-electron chi connectivity index (χ3n) is 7.04. The number of hydrogen-bond donors (Lipinski definition) is 1. The first-order chi connectivity index (χ1) is 19.5. The van der Waals surface area contributed by atoms with Crippen molar-refractivity contribution in [3.63, 3.8) is 0 Å². The van der Waals surface area contributed by atoms with E-state index in [-0.39, 0.29) is 18.5 Å². The van der Waals surface area contributed by atoms with Crippen LogP contribution in [0.2, 0.25) is 0 Å². The number of carbonyl (C=O) groups excluding carboxylic acids is 2. The Morgan fingerprint density at radius 3 is 2.12 bits per heavy atom. The molecule has 0 unspecified atom stereocenters. The Morgan fingerprint density at radius 2 is 1.54 bits per heavy atom. The zero-order chi connectivity index (χ0) is 30.0. The van der Waals surface area contributed by atoms with Crippen molar-refractivity contribution in [2.24, 2.45) is 0 Å². The molecule has 0 radical (unpaired) electrons. The topological polar surface area (TPSA) is 96.0 Å². The predicted octanol–water partition coefficient (Wildman–Crippen LogP) is 5.06. The highest BCUT2D eigenvalue weighted by Crippen LogP contribution is 2.24. The first kappa shape index (κ1) is 31.7. The minimum atomic E-state index is -3.83. The Kier molecular flexibility index (Phi) is 11.3. The molecule has 0 saturated carbocycles. The van der Waals surface area contributed by atoms with E-state index < -0.39 is 28.5 Å². The summed E-state index contributed by atoms with van der Waals surface area (Å²) in [5, 5.41) is 2.98. The highest BCUT2D eigenvalue weighted by Gasteiger charge is 2.32. The first-order valence-corrected chi connectivity index (χ1v) is 15.8. The largest absolute Gasteiger partial charge is 0.489 e. The van der Waals surface area contributed by atoms with Crippen LogP contribution in [-0.2, 0) is 32.8 Å². The molecular formula is C32H41N3O5S. The first-order valence-electron chi connectivity index (χ1n) is 13.9. The van der Waals surface area contributed by atoms with Gasteiger partial charge in [0.05, 0.1) is 11.9 Å². The van der Waals surface area contributed by atoms with Gasteiger partial charge in [0.25, 0.3) is 0 Å². The van der Waals surface area contributed by atoms with Crippen LogP contribution in [0, 0.1) is 6.92 Å². The van der Waals surface area contributed by atoms with Gasteiger partial charge in [0.2, 0.25) is 21.8 Å². The van der Waals surface area contributed by atoms with Gasteiger partial charge in [0.1, 0.15) is 24.9 Å². The standard InChI is InChI=1S/C32H41N3O5S/c1-6-25(4)33-32(37)30(7-2)34(21-27-16-12-11-13-24(27)3)31(36)22-35(41(5,38)39)28-17-19-29(20-18-28)40-23-26-14-9-8-10-15-26/h8-20,25,30H,6-7,21-23H2,1-5H3,(H,33,37)/t25-,30+/m0/s1. The molecule has 0 aliphatic heterocycles. The van der Waals surface area contributed by atoms with Gasteiger partial charge in [-0.2, -0.15) is 0 Å². The van der Waals surface area contributed by atoms with E-state index in [0.717, 1.165) is 33.7 Å². The van der Waals surface area contributed by atoms with Gasteiger partial charge >= 0.3 is 0 Å². The van der Waals surface area contributed by atoms with Crippen molar-refractivity contribution in [1.82, 2.24) is 10.2 Å². The molecule has 1 N–H and O–H groups in total. The average molecular weight is 580 g/mol. The zero-order valence-electron chi connectivity index (χ0n) is 24.5. The van der Waals surface area contributed by atoms with Crippen molar-refractivity contribution in [2.45, 2.75) is 65.8 Å². The summed E-state index contributed by atoms with van der Waals surface area (Å²) in [6.45, 7) is 7.80. The molecule has 3 rings (SSSR count). The molecule has 2 atom stereocenters. The van der Waals surface area contributed by atoms with Crippen molar-refractivity contribution in [1.29, 1.82) is 0 Å². The number of carbonyl (C=O) groups is 2. The molecule has 0 aliphatic carbocycles. The van der Waals surface area contributed by atoms with E-state index in [1.54, 1.807) is 24.3 Å². The number of benzene rings is 3. The molecule has 3 aromatic carbocycles. The van der Waals surface area contributed by atoms with Crippen LogP contribution in [0.15, 0.2) is 78.9 Å². The number of hydrogen-bond acceptors (Lipinski definition) is 5. The van der Waals surface area contributed by atoms with E-state index >= 15 is 0 Å². The summed E-state index contributed by atoms with van der Waals surface area (Å²) in [5.74, 6) is -0.143. The van der Waals surface area contributed by atoms with Crippen molar-refractivity contribution in [3.8, 4) is 5.75 Å². The van der Waals surface area contributed by atoms with Gasteiger partial charge in [0.15, 0.2) is 0 Å². The summed E-state index contributed by atoms with van der Waals surface area (Å²) >= 11 is 0. The maximum atomic E-state index is 13.9. The highest BCUT2D eigenvalue weighted by atomic mass is 32.2. The maximum absolute atomic E-state index is 13.9. The fraction of sp³-hybridized carbons (Fsp3) is 0.375. The van der Waals surface area contributed by atoms with Crippen LogP contribution >= 0.6 is 0 Å². The molecule has 0 saturated heterocycles. The molecule has 2 amide bonds. The van der Waals surface area contributed by atoms with Crippen molar-refractivity contribution in [3.05, 3.63) is 95.6 Å². The van der Waals surface area contributed by atoms with Gasteiger partial charge in [-0.3, -0.25) is 13.9 Å². The van der Waals surface area contributed by atoms with Crippen molar-refractivity contribution < 1.29 is 22.7 Å². The lowest BCUT2D eigenvalue weighted by molar-refractivity contribution is -0.140.